The van der Waals surface area contributed by atoms with E-state index in [2.05, 4.69) is 0 Å². The number of carbonyl (C=O) groups is 1. The van der Waals surface area contributed by atoms with Crippen LogP contribution in [-0.4, -0.2) is 44.5 Å². The average molecular weight is 461 g/mol. The van der Waals surface area contributed by atoms with Crippen LogP contribution in [0.1, 0.15) is 19.4 Å². The smallest absolute Gasteiger partial charge is 0.416 e. The molecule has 0 aliphatic rings. The molecule has 2 aromatic rings. The number of benzene rings is 2. The summed E-state index contributed by atoms with van der Waals surface area (Å²) in [6.45, 7) is 2.83. The Hall–Kier alpha value is -2.79. The molecule has 0 saturated carbocycles. The van der Waals surface area contributed by atoms with Crippen LogP contribution in [0.4, 0.5) is 18.9 Å². The second kappa shape index (κ2) is 9.56. The van der Waals surface area contributed by atoms with Crippen molar-refractivity contribution in [1.29, 1.82) is 0 Å². The highest BCUT2D eigenvalue weighted by Gasteiger charge is 2.30. The molecule has 0 aliphatic heterocycles. The number of carboxylic acids is 1. The molecule has 0 aliphatic carbocycles. The summed E-state index contributed by atoms with van der Waals surface area (Å²) >= 11 is 0. The van der Waals surface area contributed by atoms with E-state index in [9.17, 15) is 31.5 Å². The summed E-state index contributed by atoms with van der Waals surface area (Å²) in [5, 5.41) is 9.32. The average Bonchev–Trinajstić information content (AvgIpc) is 2.64. The zero-order chi connectivity index (χ0) is 23.4. The fourth-order valence-electron chi connectivity index (χ4n) is 2.62. The third-order valence-electron chi connectivity index (χ3n) is 3.99. The molecule has 0 saturated heterocycles. The van der Waals surface area contributed by atoms with E-state index in [0.717, 1.165) is 22.7 Å². The molecule has 11 heteroatoms. The van der Waals surface area contributed by atoms with E-state index < -0.39 is 46.5 Å². The second-order valence-corrected chi connectivity index (χ2v) is 8.83. The molecule has 7 nitrogen and oxygen atoms in total. The fraction of sp³-hybridized carbons (Fsp3) is 0.350. The summed E-state index contributed by atoms with van der Waals surface area (Å²) in [4.78, 5) is 11.4. The molecule has 0 amide bonds. The predicted molar refractivity (Wildman–Crippen MR) is 108 cm³/mol. The lowest BCUT2D eigenvalue weighted by Gasteiger charge is -2.26. The van der Waals surface area contributed by atoms with Crippen LogP contribution >= 0.6 is 0 Å². The lowest BCUT2D eigenvalue weighted by atomic mass is 10.2. The van der Waals surface area contributed by atoms with Crippen LogP contribution in [0.25, 0.3) is 0 Å². The standard InChI is InChI=1S/C20H22F3NO6S/c1-13(2)29-18(19(25)26)12-24(31(3,27)28)15-6-10-17(11-7-15)30-16-8-4-14(5-9-16)20(21,22)23/h4-11,13,18H,12H2,1-3H3,(H,25,26)/t18-/m0/s1. The number of alkyl halides is 3. The third kappa shape index (κ3) is 7.14. The Balaban J connectivity index is 2.20. The Bertz CT molecular complexity index is 989. The molecular formula is C20H22F3NO6S. The first-order chi connectivity index (χ1) is 14.3. The number of halogens is 3. The first-order valence-electron chi connectivity index (χ1n) is 9.08. The summed E-state index contributed by atoms with van der Waals surface area (Å²) in [6.07, 6.45) is -5.32. The molecule has 1 N–H and O–H groups in total. The van der Waals surface area contributed by atoms with Gasteiger partial charge >= 0.3 is 12.1 Å². The fourth-order valence-corrected chi connectivity index (χ4v) is 3.53. The molecule has 2 rings (SSSR count). The van der Waals surface area contributed by atoms with Gasteiger partial charge in [0, 0.05) is 0 Å². The maximum atomic E-state index is 12.6. The summed E-state index contributed by atoms with van der Waals surface area (Å²) in [7, 11) is -3.83. The number of nitrogens with zero attached hydrogens (tertiary/aromatic N) is 1. The molecule has 0 bridgehead atoms. The van der Waals surface area contributed by atoms with Crippen LogP contribution in [-0.2, 0) is 25.7 Å². The molecule has 31 heavy (non-hydrogen) atoms. The molecular weight excluding hydrogens is 439 g/mol. The SMILES string of the molecule is CC(C)O[C@@H](CN(c1ccc(Oc2ccc(C(F)(F)F)cc2)cc1)S(C)(=O)=O)C(=O)O. The van der Waals surface area contributed by atoms with Crippen molar-refractivity contribution >= 4 is 21.7 Å². The van der Waals surface area contributed by atoms with Crippen molar-refractivity contribution < 1.29 is 41.0 Å². The van der Waals surface area contributed by atoms with Crippen molar-refractivity contribution in [3.63, 3.8) is 0 Å². The molecule has 0 unspecified atom stereocenters. The summed E-state index contributed by atoms with van der Waals surface area (Å²) < 4.78 is 74.0. The zero-order valence-electron chi connectivity index (χ0n) is 17.0. The van der Waals surface area contributed by atoms with Gasteiger partial charge in [0.2, 0.25) is 10.0 Å². The van der Waals surface area contributed by atoms with Crippen LogP contribution < -0.4 is 9.04 Å². The molecule has 0 heterocycles. The highest BCUT2D eigenvalue weighted by Crippen LogP contribution is 2.32. The predicted octanol–water partition coefficient (Wildman–Crippen LogP) is 4.14. The molecule has 0 spiro atoms. The molecule has 1 atom stereocenters. The van der Waals surface area contributed by atoms with Gasteiger partial charge in [-0.05, 0) is 62.4 Å². The van der Waals surface area contributed by atoms with E-state index in [0.29, 0.717) is 0 Å². The van der Waals surface area contributed by atoms with Crippen molar-refractivity contribution in [1.82, 2.24) is 0 Å². The van der Waals surface area contributed by atoms with Crippen molar-refractivity contribution in [2.75, 3.05) is 17.1 Å². The molecule has 0 aromatic heterocycles. The minimum Gasteiger partial charge on any atom is -0.479 e. The number of anilines is 1. The number of carboxylic acid groups (broad SMARTS) is 1. The van der Waals surface area contributed by atoms with Gasteiger partial charge in [0.25, 0.3) is 0 Å². The van der Waals surface area contributed by atoms with Gasteiger partial charge in [-0.15, -0.1) is 0 Å². The van der Waals surface area contributed by atoms with E-state index in [1.807, 2.05) is 0 Å². The topological polar surface area (TPSA) is 93.1 Å². The minimum absolute atomic E-state index is 0.164. The van der Waals surface area contributed by atoms with E-state index in [1.54, 1.807) is 13.8 Å². The van der Waals surface area contributed by atoms with Crippen LogP contribution in [0.2, 0.25) is 0 Å². The normalized spacial score (nSPS) is 13.1. The number of rotatable bonds is 9. The van der Waals surface area contributed by atoms with Crippen LogP contribution in [0.15, 0.2) is 48.5 Å². The van der Waals surface area contributed by atoms with Crippen molar-refractivity contribution in [3.05, 3.63) is 54.1 Å². The largest absolute Gasteiger partial charge is 0.479 e. The van der Waals surface area contributed by atoms with Gasteiger partial charge in [0.05, 0.1) is 30.2 Å². The minimum atomic E-state index is -4.46. The van der Waals surface area contributed by atoms with Gasteiger partial charge in [0.1, 0.15) is 11.5 Å². The summed E-state index contributed by atoms with van der Waals surface area (Å²) in [5.41, 5.74) is -0.628. The highest BCUT2D eigenvalue weighted by molar-refractivity contribution is 7.92. The van der Waals surface area contributed by atoms with Gasteiger partial charge in [-0.2, -0.15) is 13.2 Å². The molecule has 0 radical (unpaired) electrons. The Morgan fingerprint density at radius 2 is 1.52 bits per heavy atom. The maximum absolute atomic E-state index is 12.6. The van der Waals surface area contributed by atoms with Crippen molar-refractivity contribution in [2.24, 2.45) is 0 Å². The number of ether oxygens (including phenoxy) is 2. The van der Waals surface area contributed by atoms with Crippen LogP contribution in [0.3, 0.4) is 0 Å². The Kier molecular flexibility index (Phi) is 7.55. The third-order valence-corrected chi connectivity index (χ3v) is 5.15. The number of sulfonamides is 1. The number of aliphatic carboxylic acids is 1. The zero-order valence-corrected chi connectivity index (χ0v) is 17.8. The highest BCUT2D eigenvalue weighted by atomic mass is 32.2. The first kappa shape index (κ1) is 24.5. The Labute approximate surface area is 178 Å². The van der Waals surface area contributed by atoms with Crippen LogP contribution in [0, 0.1) is 0 Å². The van der Waals surface area contributed by atoms with Gasteiger partial charge < -0.3 is 14.6 Å². The van der Waals surface area contributed by atoms with E-state index in [4.69, 9.17) is 9.47 Å². The maximum Gasteiger partial charge on any atom is 0.416 e. The number of hydrogen-bond donors (Lipinski definition) is 1. The van der Waals surface area contributed by atoms with Gasteiger partial charge in [-0.3, -0.25) is 4.31 Å². The molecule has 0 fully saturated rings. The lowest BCUT2D eigenvalue weighted by Crippen LogP contribution is -2.42. The van der Waals surface area contributed by atoms with Crippen LogP contribution in [0.5, 0.6) is 11.5 Å². The molecule has 2 aromatic carbocycles. The Morgan fingerprint density at radius 1 is 1.03 bits per heavy atom. The van der Waals surface area contributed by atoms with Crippen molar-refractivity contribution in [3.8, 4) is 11.5 Å². The second-order valence-electron chi connectivity index (χ2n) is 6.92. The van der Waals surface area contributed by atoms with Gasteiger partial charge in [0.15, 0.2) is 6.10 Å². The van der Waals surface area contributed by atoms with E-state index in [-0.39, 0.29) is 17.2 Å². The summed E-state index contributed by atoms with van der Waals surface area (Å²) in [5.74, 6) is -0.883. The quantitative estimate of drug-likeness (QED) is 0.603. The summed E-state index contributed by atoms with van der Waals surface area (Å²) in [6, 6.07) is 9.74. The Morgan fingerprint density at radius 3 is 1.90 bits per heavy atom. The van der Waals surface area contributed by atoms with E-state index in [1.165, 1.54) is 36.4 Å². The van der Waals surface area contributed by atoms with Crippen molar-refractivity contribution in [2.45, 2.75) is 32.2 Å². The van der Waals surface area contributed by atoms with Gasteiger partial charge in [-0.25, -0.2) is 13.2 Å². The number of hydrogen-bond acceptors (Lipinski definition) is 5. The molecule has 170 valence electrons. The monoisotopic (exact) mass is 461 g/mol. The lowest BCUT2D eigenvalue weighted by molar-refractivity contribution is -0.152. The van der Waals surface area contributed by atoms with E-state index >= 15 is 0 Å². The first-order valence-corrected chi connectivity index (χ1v) is 10.9. The van der Waals surface area contributed by atoms with Gasteiger partial charge in [-0.1, -0.05) is 0 Å².